The van der Waals surface area contributed by atoms with Crippen LogP contribution in [0.1, 0.15) is 12.7 Å². The molecular weight excluding hydrogens is 546 g/mol. The minimum absolute atomic E-state index is 0.859. The Morgan fingerprint density at radius 3 is 1.80 bits per heavy atom. The third kappa shape index (κ3) is 3.98. The standard InChI is InChI=1S/C42H29N3/c1-2-39-43-37-23-9-10-24-38(37)45(39)30-16-12-14-28(26-30)27-13-11-15-29(25-27)42-41-34-20-6-4-18-32(34)31-17-3-5-19-33(31)40(41)35-21-7-8-22-36(35)44-42/h3-26H,2H2,1H3. The molecule has 2 heterocycles. The van der Waals surface area contributed by atoms with E-state index in [1.54, 1.807) is 0 Å². The Labute approximate surface area is 261 Å². The van der Waals surface area contributed by atoms with Crippen molar-refractivity contribution in [2.75, 3.05) is 0 Å². The average Bonchev–Trinajstić information content (AvgIpc) is 3.50. The molecule has 9 rings (SSSR count). The summed E-state index contributed by atoms with van der Waals surface area (Å²) < 4.78 is 2.29. The van der Waals surface area contributed by atoms with Crippen molar-refractivity contribution in [3.8, 4) is 28.1 Å². The summed E-state index contributed by atoms with van der Waals surface area (Å²) in [6.45, 7) is 2.17. The van der Waals surface area contributed by atoms with E-state index in [4.69, 9.17) is 9.97 Å². The van der Waals surface area contributed by atoms with E-state index in [-0.39, 0.29) is 0 Å². The molecule has 3 nitrogen and oxygen atoms in total. The maximum atomic E-state index is 5.37. The summed E-state index contributed by atoms with van der Waals surface area (Å²) in [6, 6.07) is 52.1. The molecule has 0 atom stereocenters. The van der Waals surface area contributed by atoms with E-state index in [0.29, 0.717) is 0 Å². The van der Waals surface area contributed by atoms with Crippen LogP contribution < -0.4 is 0 Å². The van der Waals surface area contributed by atoms with Crippen molar-refractivity contribution in [2.45, 2.75) is 13.3 Å². The summed E-state index contributed by atoms with van der Waals surface area (Å²) in [6.07, 6.45) is 0.859. The van der Waals surface area contributed by atoms with Gasteiger partial charge in [0, 0.05) is 33.8 Å². The zero-order chi connectivity index (χ0) is 29.9. The van der Waals surface area contributed by atoms with Crippen LogP contribution in [0, 0.1) is 0 Å². The van der Waals surface area contributed by atoms with Crippen molar-refractivity contribution < 1.29 is 0 Å². The Bertz CT molecular complexity index is 2590. The molecular formula is C42H29N3. The second-order valence-corrected chi connectivity index (χ2v) is 11.7. The maximum Gasteiger partial charge on any atom is 0.114 e. The van der Waals surface area contributed by atoms with E-state index < -0.39 is 0 Å². The SMILES string of the molecule is CCc1nc2ccccc2n1-c1cccc(-c2cccc(-c3nc4ccccc4c4c5ccccc5c5ccccc5c34)c2)c1. The van der Waals surface area contributed by atoms with Gasteiger partial charge >= 0.3 is 0 Å². The van der Waals surface area contributed by atoms with E-state index in [0.717, 1.165) is 56.9 Å². The normalized spacial score (nSPS) is 11.8. The summed E-state index contributed by atoms with van der Waals surface area (Å²) in [5.74, 6) is 1.06. The number of rotatable bonds is 4. The smallest absolute Gasteiger partial charge is 0.114 e. The molecule has 0 amide bonds. The number of imidazole rings is 1. The number of hydrogen-bond donors (Lipinski definition) is 0. The second-order valence-electron chi connectivity index (χ2n) is 11.7. The van der Waals surface area contributed by atoms with Gasteiger partial charge in [0.25, 0.3) is 0 Å². The fourth-order valence-electron chi connectivity index (χ4n) is 7.11. The van der Waals surface area contributed by atoms with E-state index in [1.165, 1.54) is 37.7 Å². The Morgan fingerprint density at radius 2 is 1.04 bits per heavy atom. The molecule has 7 aromatic carbocycles. The highest BCUT2D eigenvalue weighted by atomic mass is 15.1. The van der Waals surface area contributed by atoms with Gasteiger partial charge in [-0.15, -0.1) is 0 Å². The molecule has 0 spiro atoms. The summed E-state index contributed by atoms with van der Waals surface area (Å²) in [7, 11) is 0. The molecule has 0 radical (unpaired) electrons. The largest absolute Gasteiger partial charge is 0.296 e. The highest BCUT2D eigenvalue weighted by molar-refractivity contribution is 6.33. The van der Waals surface area contributed by atoms with Crippen LogP contribution in [-0.2, 0) is 6.42 Å². The third-order valence-electron chi connectivity index (χ3n) is 9.10. The summed E-state index contributed by atoms with van der Waals surface area (Å²) >= 11 is 0. The quantitative estimate of drug-likeness (QED) is 0.195. The monoisotopic (exact) mass is 575 g/mol. The molecule has 0 aliphatic rings. The second kappa shape index (κ2) is 10.1. The number of hydrogen-bond acceptors (Lipinski definition) is 2. The zero-order valence-electron chi connectivity index (χ0n) is 24.9. The van der Waals surface area contributed by atoms with Crippen molar-refractivity contribution in [1.82, 2.24) is 14.5 Å². The van der Waals surface area contributed by atoms with Crippen LogP contribution in [0.2, 0.25) is 0 Å². The molecule has 9 aromatic rings. The molecule has 45 heavy (non-hydrogen) atoms. The van der Waals surface area contributed by atoms with Gasteiger partial charge in [0.1, 0.15) is 5.82 Å². The van der Waals surface area contributed by atoms with Crippen molar-refractivity contribution in [3.05, 3.63) is 151 Å². The van der Waals surface area contributed by atoms with Gasteiger partial charge in [-0.05, 0) is 69.1 Å². The maximum absolute atomic E-state index is 5.37. The molecule has 0 N–H and O–H groups in total. The van der Waals surface area contributed by atoms with Crippen molar-refractivity contribution in [3.63, 3.8) is 0 Å². The van der Waals surface area contributed by atoms with Gasteiger partial charge in [0.2, 0.25) is 0 Å². The molecule has 0 aliphatic heterocycles. The molecule has 0 bridgehead atoms. The van der Waals surface area contributed by atoms with E-state index in [2.05, 4.69) is 157 Å². The van der Waals surface area contributed by atoms with Crippen LogP contribution >= 0.6 is 0 Å². The topological polar surface area (TPSA) is 30.7 Å². The number of fused-ring (bicyclic) bond motifs is 9. The van der Waals surface area contributed by atoms with Gasteiger partial charge in [-0.2, -0.15) is 0 Å². The molecule has 0 aliphatic carbocycles. The number of pyridine rings is 1. The van der Waals surface area contributed by atoms with Crippen LogP contribution in [0.15, 0.2) is 146 Å². The van der Waals surface area contributed by atoms with E-state index in [1.807, 2.05) is 0 Å². The first kappa shape index (κ1) is 25.7. The predicted octanol–water partition coefficient (Wildman–Crippen LogP) is 10.9. The first-order valence-corrected chi connectivity index (χ1v) is 15.6. The fourth-order valence-corrected chi connectivity index (χ4v) is 7.11. The number of benzene rings is 7. The number of aryl methyl sites for hydroxylation is 1. The summed E-state index contributed by atoms with van der Waals surface area (Å²) in [5.41, 5.74) is 8.72. The minimum atomic E-state index is 0.859. The lowest BCUT2D eigenvalue weighted by atomic mass is 9.89. The molecule has 3 heteroatoms. The lowest BCUT2D eigenvalue weighted by Gasteiger charge is -2.17. The number of para-hydroxylation sites is 3. The van der Waals surface area contributed by atoms with Crippen LogP contribution in [0.4, 0.5) is 0 Å². The van der Waals surface area contributed by atoms with Gasteiger partial charge in [-0.3, -0.25) is 4.57 Å². The van der Waals surface area contributed by atoms with Crippen LogP contribution in [0.25, 0.3) is 82.3 Å². The minimum Gasteiger partial charge on any atom is -0.296 e. The highest BCUT2D eigenvalue weighted by Gasteiger charge is 2.18. The molecule has 0 fully saturated rings. The predicted molar refractivity (Wildman–Crippen MR) is 189 cm³/mol. The van der Waals surface area contributed by atoms with Gasteiger partial charge in [-0.25, -0.2) is 9.97 Å². The van der Waals surface area contributed by atoms with Crippen molar-refractivity contribution in [2.24, 2.45) is 0 Å². The van der Waals surface area contributed by atoms with Gasteiger partial charge in [-0.1, -0.05) is 116 Å². The average molecular weight is 576 g/mol. The van der Waals surface area contributed by atoms with Crippen LogP contribution in [-0.4, -0.2) is 14.5 Å². The van der Waals surface area contributed by atoms with Gasteiger partial charge in [0.15, 0.2) is 0 Å². The van der Waals surface area contributed by atoms with Gasteiger partial charge < -0.3 is 0 Å². The van der Waals surface area contributed by atoms with E-state index >= 15 is 0 Å². The lowest BCUT2D eigenvalue weighted by Crippen LogP contribution is -2.00. The molecule has 0 unspecified atom stereocenters. The Kier molecular flexibility index (Phi) is 5.79. The first-order chi connectivity index (χ1) is 22.3. The fraction of sp³-hybridized carbons (Fsp3) is 0.0476. The lowest BCUT2D eigenvalue weighted by molar-refractivity contribution is 0.908. The Morgan fingerprint density at radius 1 is 0.467 bits per heavy atom. The highest BCUT2D eigenvalue weighted by Crippen LogP contribution is 2.43. The van der Waals surface area contributed by atoms with Crippen molar-refractivity contribution >= 4 is 54.3 Å². The number of nitrogens with zero attached hydrogens (tertiary/aromatic N) is 3. The van der Waals surface area contributed by atoms with E-state index in [9.17, 15) is 0 Å². The van der Waals surface area contributed by atoms with Crippen LogP contribution in [0.3, 0.4) is 0 Å². The van der Waals surface area contributed by atoms with Crippen LogP contribution in [0.5, 0.6) is 0 Å². The zero-order valence-corrected chi connectivity index (χ0v) is 24.9. The summed E-state index contributed by atoms with van der Waals surface area (Å²) in [4.78, 5) is 10.3. The van der Waals surface area contributed by atoms with Crippen molar-refractivity contribution in [1.29, 1.82) is 0 Å². The first-order valence-electron chi connectivity index (χ1n) is 15.6. The molecule has 0 saturated heterocycles. The molecule has 2 aromatic heterocycles. The molecule has 0 saturated carbocycles. The third-order valence-corrected chi connectivity index (χ3v) is 9.10. The summed E-state index contributed by atoms with van der Waals surface area (Å²) in [5, 5.41) is 8.65. The number of aromatic nitrogens is 3. The Balaban J connectivity index is 1.30. The van der Waals surface area contributed by atoms with Gasteiger partial charge in [0.05, 0.1) is 22.2 Å². The molecule has 212 valence electrons. The Hall–Kier alpha value is -5.80.